The van der Waals surface area contributed by atoms with E-state index in [0.29, 0.717) is 37.4 Å². The first kappa shape index (κ1) is 25.1. The highest BCUT2D eigenvalue weighted by Crippen LogP contribution is 2.48. The molecule has 0 bridgehead atoms. The smallest absolute Gasteiger partial charge is 0.475 e. The highest BCUT2D eigenvalue weighted by atomic mass is 19.4. The molecule has 2 heterocycles. The maximum absolute atomic E-state index is 12.8. The number of alkyl halides is 3. The Hall–Kier alpha value is -2.13. The third-order valence-corrected chi connectivity index (χ3v) is 6.22. The van der Waals surface area contributed by atoms with E-state index >= 15 is 0 Å². The number of nitrogens with zero attached hydrogens (tertiary/aromatic N) is 2. The van der Waals surface area contributed by atoms with Gasteiger partial charge in [0.25, 0.3) is 0 Å². The van der Waals surface area contributed by atoms with Crippen LogP contribution in [0.4, 0.5) is 13.2 Å². The molecule has 9 heteroatoms. The first-order valence-electron chi connectivity index (χ1n) is 10.4. The summed E-state index contributed by atoms with van der Waals surface area (Å²) >= 11 is 0. The predicted molar refractivity (Wildman–Crippen MR) is 110 cm³/mol. The Kier molecular flexibility index (Phi) is 8.48. The Labute approximate surface area is 181 Å². The summed E-state index contributed by atoms with van der Waals surface area (Å²) in [6.07, 6.45) is -2.34. The van der Waals surface area contributed by atoms with E-state index in [4.69, 9.17) is 14.6 Å². The minimum absolute atomic E-state index is 0.0393. The number of piperidine rings is 1. The van der Waals surface area contributed by atoms with Gasteiger partial charge in [-0.15, -0.1) is 0 Å². The van der Waals surface area contributed by atoms with Crippen LogP contribution < -0.4 is 0 Å². The van der Waals surface area contributed by atoms with Crippen LogP contribution in [0.2, 0.25) is 0 Å². The summed E-state index contributed by atoms with van der Waals surface area (Å²) in [4.78, 5) is 26.4. The van der Waals surface area contributed by atoms with Gasteiger partial charge in [0.1, 0.15) is 0 Å². The lowest BCUT2D eigenvalue weighted by molar-refractivity contribution is -0.192. The average molecular weight is 444 g/mol. The predicted octanol–water partition coefficient (Wildman–Crippen LogP) is 3.53. The summed E-state index contributed by atoms with van der Waals surface area (Å²) in [5, 5.41) is 7.12. The van der Waals surface area contributed by atoms with E-state index in [9.17, 15) is 18.0 Å². The van der Waals surface area contributed by atoms with Crippen molar-refractivity contribution < 1.29 is 32.6 Å². The number of ether oxygens (including phenoxy) is 1. The number of carboxylic acid groups (broad SMARTS) is 1. The van der Waals surface area contributed by atoms with Crippen molar-refractivity contribution >= 4 is 11.9 Å². The van der Waals surface area contributed by atoms with Crippen LogP contribution in [0, 0.1) is 0 Å². The number of benzene rings is 1. The second-order valence-electron chi connectivity index (χ2n) is 8.24. The molecule has 0 aliphatic carbocycles. The quantitative estimate of drug-likeness (QED) is 0.753. The Balaban J connectivity index is 0.000000423. The van der Waals surface area contributed by atoms with Crippen LogP contribution in [0.25, 0.3) is 0 Å². The summed E-state index contributed by atoms with van der Waals surface area (Å²) < 4.78 is 37.0. The minimum atomic E-state index is -5.08. The van der Waals surface area contributed by atoms with E-state index in [0.717, 1.165) is 25.9 Å². The van der Waals surface area contributed by atoms with E-state index in [2.05, 4.69) is 54.0 Å². The molecule has 1 amide bonds. The van der Waals surface area contributed by atoms with Gasteiger partial charge < -0.3 is 19.6 Å². The molecule has 0 aromatic heterocycles. The molecular formula is C22H31F3N2O4. The number of carboxylic acids is 1. The van der Waals surface area contributed by atoms with E-state index < -0.39 is 12.1 Å². The van der Waals surface area contributed by atoms with Crippen molar-refractivity contribution in [2.75, 3.05) is 33.4 Å². The summed E-state index contributed by atoms with van der Waals surface area (Å²) in [7, 11) is 1.71. The van der Waals surface area contributed by atoms with Crippen LogP contribution in [0.1, 0.15) is 44.6 Å². The molecule has 6 nitrogen and oxygen atoms in total. The number of aliphatic carboxylic acids is 1. The molecule has 1 spiro atoms. The molecule has 3 rings (SSSR count). The van der Waals surface area contributed by atoms with E-state index in [-0.39, 0.29) is 5.54 Å². The zero-order valence-corrected chi connectivity index (χ0v) is 18.2. The molecule has 1 unspecified atom stereocenters. The molecule has 1 N–H and O–H groups in total. The first-order valence-corrected chi connectivity index (χ1v) is 10.4. The van der Waals surface area contributed by atoms with Crippen molar-refractivity contribution in [3.05, 3.63) is 35.9 Å². The van der Waals surface area contributed by atoms with Crippen LogP contribution >= 0.6 is 0 Å². The van der Waals surface area contributed by atoms with Crippen molar-refractivity contribution in [1.29, 1.82) is 0 Å². The molecule has 2 aliphatic rings. The molecule has 1 aromatic carbocycles. The molecular weight excluding hydrogens is 413 g/mol. The zero-order valence-electron chi connectivity index (χ0n) is 18.2. The number of hydrogen-bond acceptors (Lipinski definition) is 4. The Bertz CT molecular complexity index is 732. The number of methoxy groups -OCH3 is 1. The summed E-state index contributed by atoms with van der Waals surface area (Å²) in [5.41, 5.74) is 1.27. The second kappa shape index (κ2) is 10.5. The number of halogens is 3. The van der Waals surface area contributed by atoms with E-state index in [1.807, 2.05) is 0 Å². The lowest BCUT2D eigenvalue weighted by atomic mass is 9.73. The second-order valence-corrected chi connectivity index (χ2v) is 8.24. The van der Waals surface area contributed by atoms with Gasteiger partial charge in [-0.1, -0.05) is 30.3 Å². The molecule has 31 heavy (non-hydrogen) atoms. The highest BCUT2D eigenvalue weighted by Gasteiger charge is 2.53. The SMILES string of the molecule is COCCN1C(=O)CC(c2ccccc2)C12CCN(C(C)C)CC2.O=C(O)C(F)(F)F. The minimum Gasteiger partial charge on any atom is -0.475 e. The van der Waals surface area contributed by atoms with Gasteiger partial charge in [0.2, 0.25) is 5.91 Å². The van der Waals surface area contributed by atoms with Crippen molar-refractivity contribution in [2.45, 2.75) is 56.8 Å². The Morgan fingerprint density at radius 1 is 1.23 bits per heavy atom. The largest absolute Gasteiger partial charge is 0.490 e. The van der Waals surface area contributed by atoms with Gasteiger partial charge in [-0.2, -0.15) is 13.2 Å². The van der Waals surface area contributed by atoms with Crippen LogP contribution in [0.5, 0.6) is 0 Å². The maximum atomic E-state index is 12.8. The van der Waals surface area contributed by atoms with Crippen molar-refractivity contribution in [3.63, 3.8) is 0 Å². The topological polar surface area (TPSA) is 70.1 Å². The summed E-state index contributed by atoms with van der Waals surface area (Å²) in [6.45, 7) is 7.98. The molecule has 2 saturated heterocycles. The Morgan fingerprint density at radius 3 is 2.23 bits per heavy atom. The fourth-order valence-corrected chi connectivity index (χ4v) is 4.60. The summed E-state index contributed by atoms with van der Waals surface area (Å²) in [6, 6.07) is 11.2. The summed E-state index contributed by atoms with van der Waals surface area (Å²) in [5.74, 6) is -2.16. The van der Waals surface area contributed by atoms with Crippen LogP contribution in [-0.4, -0.2) is 77.9 Å². The molecule has 2 aliphatic heterocycles. The molecule has 174 valence electrons. The van der Waals surface area contributed by atoms with Crippen LogP contribution in [0.15, 0.2) is 30.3 Å². The van der Waals surface area contributed by atoms with Gasteiger partial charge in [-0.25, -0.2) is 4.79 Å². The standard InChI is InChI=1S/C20H30N2O2.C2HF3O2/c1-16(2)21-11-9-20(10-12-21)18(17-7-5-4-6-8-17)15-19(23)22(20)13-14-24-3;3-2(4,5)1(6)7/h4-8,16,18H,9-15H2,1-3H3;(H,6,7). The van der Waals surface area contributed by atoms with Crippen LogP contribution in [-0.2, 0) is 14.3 Å². The van der Waals surface area contributed by atoms with Crippen LogP contribution in [0.3, 0.4) is 0 Å². The lowest BCUT2D eigenvalue weighted by Crippen LogP contribution is -2.57. The molecule has 1 aromatic rings. The van der Waals surface area contributed by atoms with E-state index in [1.54, 1.807) is 7.11 Å². The Morgan fingerprint density at radius 2 is 1.77 bits per heavy atom. The normalized spacial score (nSPS) is 21.3. The average Bonchev–Trinajstić information content (AvgIpc) is 2.98. The van der Waals surface area contributed by atoms with Crippen molar-refractivity contribution in [2.24, 2.45) is 0 Å². The highest BCUT2D eigenvalue weighted by molar-refractivity contribution is 5.82. The third kappa shape index (κ3) is 5.98. The number of carbonyl (C=O) groups is 2. The van der Waals surface area contributed by atoms with Gasteiger partial charge in [0, 0.05) is 45.1 Å². The van der Waals surface area contributed by atoms with Crippen molar-refractivity contribution in [1.82, 2.24) is 9.80 Å². The molecule has 2 fully saturated rings. The number of rotatable bonds is 5. The van der Waals surface area contributed by atoms with Gasteiger partial charge in [-0.3, -0.25) is 4.79 Å². The first-order chi connectivity index (χ1) is 14.5. The third-order valence-electron chi connectivity index (χ3n) is 6.22. The number of carbonyl (C=O) groups excluding carboxylic acids is 1. The van der Waals surface area contributed by atoms with Crippen molar-refractivity contribution in [3.8, 4) is 0 Å². The van der Waals surface area contributed by atoms with Gasteiger partial charge in [0.15, 0.2) is 0 Å². The number of amides is 1. The molecule has 1 atom stereocenters. The molecule has 0 radical (unpaired) electrons. The lowest BCUT2D eigenvalue weighted by Gasteiger charge is -2.49. The maximum Gasteiger partial charge on any atom is 0.490 e. The fraction of sp³-hybridized carbons (Fsp3) is 0.636. The van der Waals surface area contributed by atoms with Gasteiger partial charge in [-0.05, 0) is 32.3 Å². The number of hydrogen-bond donors (Lipinski definition) is 1. The fourth-order valence-electron chi connectivity index (χ4n) is 4.60. The van der Waals surface area contributed by atoms with E-state index in [1.165, 1.54) is 5.56 Å². The van der Waals surface area contributed by atoms with Gasteiger partial charge >= 0.3 is 12.1 Å². The zero-order chi connectivity index (χ0) is 23.2. The number of likely N-dealkylation sites (tertiary alicyclic amines) is 2. The molecule has 0 saturated carbocycles. The van der Waals surface area contributed by atoms with Gasteiger partial charge in [0.05, 0.1) is 12.1 Å². The monoisotopic (exact) mass is 444 g/mol.